The highest BCUT2D eigenvalue weighted by Gasteiger charge is 2.36. The van der Waals surface area contributed by atoms with Crippen molar-refractivity contribution in [1.82, 2.24) is 9.21 Å². The van der Waals surface area contributed by atoms with Crippen molar-refractivity contribution in [2.45, 2.75) is 23.9 Å². The summed E-state index contributed by atoms with van der Waals surface area (Å²) in [5.41, 5.74) is -0.808. The minimum absolute atomic E-state index is 0.0578. The standard InChI is InChI=1S/C20H19ClF4N2O3S/c21-17-7-6-15(13-16(17)20(23,24)25)31(29,30)27-11-9-26(10-12-27)19(28)8-5-14-3-1-2-4-18(14)22/h1-4,6-7,13H,5,8-12H2. The molecular weight excluding hydrogens is 460 g/mol. The number of aryl methyl sites for hydroxylation is 1. The van der Waals surface area contributed by atoms with Crippen LogP contribution in [0.25, 0.3) is 0 Å². The molecule has 0 N–H and O–H groups in total. The largest absolute Gasteiger partial charge is 0.417 e. The van der Waals surface area contributed by atoms with Gasteiger partial charge in [-0.15, -0.1) is 0 Å². The summed E-state index contributed by atoms with van der Waals surface area (Å²) in [7, 11) is -4.18. The molecule has 3 rings (SSSR count). The van der Waals surface area contributed by atoms with Crippen LogP contribution in [0.15, 0.2) is 47.4 Å². The summed E-state index contributed by atoms with van der Waals surface area (Å²) >= 11 is 5.56. The number of benzene rings is 2. The van der Waals surface area contributed by atoms with Crippen LogP contribution in [0.2, 0.25) is 5.02 Å². The number of hydrogen-bond acceptors (Lipinski definition) is 3. The number of hydrogen-bond donors (Lipinski definition) is 0. The van der Waals surface area contributed by atoms with Crippen LogP contribution in [0.3, 0.4) is 0 Å². The van der Waals surface area contributed by atoms with Crippen LogP contribution >= 0.6 is 11.6 Å². The van der Waals surface area contributed by atoms with Crippen LogP contribution in [-0.4, -0.2) is 49.7 Å². The second-order valence-electron chi connectivity index (χ2n) is 7.02. The summed E-state index contributed by atoms with van der Waals surface area (Å²) in [5.74, 6) is -0.640. The maximum atomic E-state index is 13.7. The van der Waals surface area contributed by atoms with E-state index >= 15 is 0 Å². The third-order valence-electron chi connectivity index (χ3n) is 5.04. The van der Waals surface area contributed by atoms with E-state index in [0.717, 1.165) is 16.4 Å². The van der Waals surface area contributed by atoms with Gasteiger partial charge in [-0.1, -0.05) is 29.8 Å². The highest BCUT2D eigenvalue weighted by atomic mass is 35.5. The highest BCUT2D eigenvalue weighted by Crippen LogP contribution is 2.36. The lowest BCUT2D eigenvalue weighted by atomic mass is 10.1. The van der Waals surface area contributed by atoms with Gasteiger partial charge >= 0.3 is 6.18 Å². The fraction of sp³-hybridized carbons (Fsp3) is 0.350. The normalized spacial score (nSPS) is 15.8. The number of halogens is 5. The topological polar surface area (TPSA) is 57.7 Å². The molecule has 5 nitrogen and oxygen atoms in total. The van der Waals surface area contributed by atoms with E-state index in [-0.39, 0.29) is 44.9 Å². The third-order valence-corrected chi connectivity index (χ3v) is 7.26. The smallest absolute Gasteiger partial charge is 0.340 e. The van der Waals surface area contributed by atoms with Gasteiger partial charge in [-0.2, -0.15) is 17.5 Å². The minimum atomic E-state index is -4.79. The van der Waals surface area contributed by atoms with Crippen LogP contribution in [-0.2, 0) is 27.4 Å². The van der Waals surface area contributed by atoms with Crippen molar-refractivity contribution in [3.8, 4) is 0 Å². The molecule has 1 aliphatic heterocycles. The van der Waals surface area contributed by atoms with E-state index in [1.54, 1.807) is 18.2 Å². The first kappa shape index (κ1) is 23.5. The summed E-state index contributed by atoms with van der Waals surface area (Å²) < 4.78 is 79.4. The summed E-state index contributed by atoms with van der Waals surface area (Å²) in [4.78, 5) is 13.4. The fourth-order valence-electron chi connectivity index (χ4n) is 3.31. The maximum Gasteiger partial charge on any atom is 0.417 e. The number of rotatable bonds is 5. The van der Waals surface area contributed by atoms with Crippen LogP contribution in [0.1, 0.15) is 17.5 Å². The monoisotopic (exact) mass is 478 g/mol. The first-order valence-electron chi connectivity index (χ1n) is 9.38. The lowest BCUT2D eigenvalue weighted by Crippen LogP contribution is -2.50. The molecule has 1 saturated heterocycles. The Morgan fingerprint density at radius 1 is 1.03 bits per heavy atom. The summed E-state index contributed by atoms with van der Waals surface area (Å²) in [5, 5.41) is -0.586. The molecule has 1 heterocycles. The Labute approximate surface area is 182 Å². The molecule has 168 valence electrons. The van der Waals surface area contributed by atoms with E-state index in [1.165, 1.54) is 11.0 Å². The predicted molar refractivity (Wildman–Crippen MR) is 107 cm³/mol. The minimum Gasteiger partial charge on any atom is -0.340 e. The lowest BCUT2D eigenvalue weighted by Gasteiger charge is -2.34. The Hall–Kier alpha value is -2.17. The summed E-state index contributed by atoms with van der Waals surface area (Å²) in [6, 6.07) is 8.58. The number of piperazine rings is 1. The quantitative estimate of drug-likeness (QED) is 0.611. The number of carbonyl (C=O) groups excluding carboxylic acids is 1. The van der Waals surface area contributed by atoms with Crippen molar-refractivity contribution in [2.75, 3.05) is 26.2 Å². The van der Waals surface area contributed by atoms with Crippen molar-refractivity contribution in [2.24, 2.45) is 0 Å². The van der Waals surface area contributed by atoms with Gasteiger partial charge in [0.1, 0.15) is 5.82 Å². The fourth-order valence-corrected chi connectivity index (χ4v) is 4.98. The van der Waals surface area contributed by atoms with Gasteiger partial charge in [-0.25, -0.2) is 12.8 Å². The number of carbonyl (C=O) groups is 1. The van der Waals surface area contributed by atoms with Gasteiger partial charge in [0, 0.05) is 32.6 Å². The molecule has 1 fully saturated rings. The van der Waals surface area contributed by atoms with Crippen LogP contribution in [0.5, 0.6) is 0 Å². The molecule has 0 atom stereocenters. The van der Waals surface area contributed by atoms with Gasteiger partial charge in [0.05, 0.1) is 15.5 Å². The molecule has 0 aromatic heterocycles. The van der Waals surface area contributed by atoms with E-state index < -0.39 is 37.5 Å². The van der Waals surface area contributed by atoms with Crippen molar-refractivity contribution in [3.63, 3.8) is 0 Å². The Balaban J connectivity index is 1.63. The Morgan fingerprint density at radius 3 is 2.29 bits per heavy atom. The van der Waals surface area contributed by atoms with Gasteiger partial charge in [0.2, 0.25) is 15.9 Å². The Morgan fingerprint density at radius 2 is 1.68 bits per heavy atom. The van der Waals surface area contributed by atoms with Gasteiger partial charge in [0.25, 0.3) is 0 Å². The molecule has 1 aliphatic rings. The van der Waals surface area contributed by atoms with Gasteiger partial charge < -0.3 is 4.90 Å². The number of sulfonamides is 1. The zero-order valence-electron chi connectivity index (χ0n) is 16.2. The second kappa shape index (κ2) is 9.13. The molecule has 2 aromatic carbocycles. The van der Waals surface area contributed by atoms with E-state index in [2.05, 4.69) is 0 Å². The summed E-state index contributed by atoms with van der Waals surface area (Å²) in [6.45, 7) is 0.0691. The second-order valence-corrected chi connectivity index (χ2v) is 9.36. The van der Waals surface area contributed by atoms with Crippen molar-refractivity contribution >= 4 is 27.5 Å². The molecule has 31 heavy (non-hydrogen) atoms. The van der Waals surface area contributed by atoms with Gasteiger partial charge in [-0.3, -0.25) is 4.79 Å². The van der Waals surface area contributed by atoms with Crippen molar-refractivity contribution in [1.29, 1.82) is 0 Å². The van der Waals surface area contributed by atoms with Crippen LogP contribution < -0.4 is 0 Å². The molecule has 0 saturated carbocycles. The molecule has 0 spiro atoms. The number of alkyl halides is 3. The average Bonchev–Trinajstić information content (AvgIpc) is 2.72. The molecule has 11 heteroatoms. The molecule has 0 unspecified atom stereocenters. The van der Waals surface area contributed by atoms with Crippen molar-refractivity contribution in [3.05, 3.63) is 64.4 Å². The van der Waals surface area contributed by atoms with Crippen molar-refractivity contribution < 1.29 is 30.8 Å². The van der Waals surface area contributed by atoms with Crippen LogP contribution in [0.4, 0.5) is 17.6 Å². The lowest BCUT2D eigenvalue weighted by molar-refractivity contribution is -0.137. The average molecular weight is 479 g/mol. The summed E-state index contributed by atoms with van der Waals surface area (Å²) in [6.07, 6.45) is -4.50. The SMILES string of the molecule is O=C(CCc1ccccc1F)N1CCN(S(=O)(=O)c2ccc(Cl)c(C(F)(F)F)c2)CC1. The Bertz CT molecular complexity index is 1070. The van der Waals surface area contributed by atoms with E-state index in [9.17, 15) is 30.8 Å². The molecule has 0 aliphatic carbocycles. The third kappa shape index (κ3) is 5.36. The highest BCUT2D eigenvalue weighted by molar-refractivity contribution is 7.89. The van der Waals surface area contributed by atoms with E-state index in [0.29, 0.717) is 11.6 Å². The van der Waals surface area contributed by atoms with Gasteiger partial charge in [0.15, 0.2) is 0 Å². The first-order valence-corrected chi connectivity index (χ1v) is 11.2. The zero-order chi connectivity index (χ0) is 22.8. The number of amides is 1. The van der Waals surface area contributed by atoms with Crippen LogP contribution in [0, 0.1) is 5.82 Å². The van der Waals surface area contributed by atoms with E-state index in [4.69, 9.17) is 11.6 Å². The van der Waals surface area contributed by atoms with Gasteiger partial charge in [-0.05, 0) is 36.2 Å². The number of nitrogens with zero attached hydrogens (tertiary/aromatic N) is 2. The first-order chi connectivity index (χ1) is 14.5. The zero-order valence-corrected chi connectivity index (χ0v) is 17.8. The predicted octanol–water partition coefficient (Wildman–Crippen LogP) is 3.96. The van der Waals surface area contributed by atoms with E-state index in [1.807, 2.05) is 0 Å². The molecule has 1 amide bonds. The molecular formula is C20H19ClF4N2O3S. The maximum absolute atomic E-state index is 13.7. The Kier molecular flexibility index (Phi) is 6.92. The molecule has 0 bridgehead atoms. The molecule has 2 aromatic rings. The molecule has 0 radical (unpaired) electrons.